The fourth-order valence-electron chi connectivity index (χ4n) is 2.01. The number of benzene rings is 1. The van der Waals surface area contributed by atoms with Crippen molar-refractivity contribution in [3.05, 3.63) is 29.8 Å². The molecule has 1 N–H and O–H groups in total. The first-order valence-electron chi connectivity index (χ1n) is 6.45. The lowest BCUT2D eigenvalue weighted by molar-refractivity contribution is -0.137. The molecule has 1 fully saturated rings. The molecule has 1 aromatic carbocycles. The van der Waals surface area contributed by atoms with Crippen LogP contribution in [0.3, 0.4) is 0 Å². The Bertz CT molecular complexity index is 515. The molecule has 3 nitrogen and oxygen atoms in total. The maximum atomic E-state index is 12.7. The molecule has 1 aliphatic rings. The van der Waals surface area contributed by atoms with Crippen molar-refractivity contribution in [3.8, 4) is 0 Å². The summed E-state index contributed by atoms with van der Waals surface area (Å²) in [5.74, 6) is 0.801. The van der Waals surface area contributed by atoms with Gasteiger partial charge in [-0.25, -0.2) is 0 Å². The SMILES string of the molecule is CC(C)(C)N=C1CCN(c2cccc(C(F)(F)F)c2)N1. The molecular formula is C14H18F3N3. The highest BCUT2D eigenvalue weighted by atomic mass is 19.4. The van der Waals surface area contributed by atoms with Crippen LogP contribution in [0, 0.1) is 0 Å². The fraction of sp³-hybridized carbons (Fsp3) is 0.500. The van der Waals surface area contributed by atoms with Gasteiger partial charge in [0.2, 0.25) is 0 Å². The van der Waals surface area contributed by atoms with E-state index in [0.717, 1.165) is 18.0 Å². The molecule has 110 valence electrons. The van der Waals surface area contributed by atoms with Crippen molar-refractivity contribution >= 4 is 11.5 Å². The third-order valence-corrected chi connectivity index (χ3v) is 2.79. The highest BCUT2D eigenvalue weighted by molar-refractivity contribution is 5.87. The Morgan fingerprint density at radius 1 is 1.20 bits per heavy atom. The molecule has 0 aromatic heterocycles. The first kappa shape index (κ1) is 14.7. The van der Waals surface area contributed by atoms with Crippen LogP contribution in [-0.4, -0.2) is 17.9 Å². The molecule has 1 aliphatic heterocycles. The van der Waals surface area contributed by atoms with Crippen LogP contribution in [0.5, 0.6) is 0 Å². The number of rotatable bonds is 1. The Morgan fingerprint density at radius 2 is 1.90 bits per heavy atom. The van der Waals surface area contributed by atoms with Crippen molar-refractivity contribution in [1.82, 2.24) is 5.43 Å². The van der Waals surface area contributed by atoms with Gasteiger partial charge in [0.15, 0.2) is 0 Å². The van der Waals surface area contributed by atoms with Crippen LogP contribution in [0.15, 0.2) is 29.3 Å². The van der Waals surface area contributed by atoms with Gasteiger partial charge in [0.05, 0.1) is 16.8 Å². The molecule has 1 heterocycles. The fourth-order valence-corrected chi connectivity index (χ4v) is 2.01. The van der Waals surface area contributed by atoms with Crippen LogP contribution in [0.25, 0.3) is 0 Å². The molecule has 2 rings (SSSR count). The molecular weight excluding hydrogens is 267 g/mol. The summed E-state index contributed by atoms with van der Waals surface area (Å²) in [4.78, 5) is 4.50. The van der Waals surface area contributed by atoms with Gasteiger partial charge in [0, 0.05) is 13.0 Å². The highest BCUT2D eigenvalue weighted by Crippen LogP contribution is 2.31. The van der Waals surface area contributed by atoms with Gasteiger partial charge in [0.25, 0.3) is 0 Å². The van der Waals surface area contributed by atoms with Crippen LogP contribution in [0.1, 0.15) is 32.8 Å². The van der Waals surface area contributed by atoms with E-state index >= 15 is 0 Å². The van der Waals surface area contributed by atoms with Crippen molar-refractivity contribution < 1.29 is 13.2 Å². The summed E-state index contributed by atoms with van der Waals surface area (Å²) in [6, 6.07) is 5.29. The van der Waals surface area contributed by atoms with E-state index in [-0.39, 0.29) is 5.54 Å². The Balaban J connectivity index is 2.17. The van der Waals surface area contributed by atoms with Gasteiger partial charge < -0.3 is 0 Å². The van der Waals surface area contributed by atoms with Crippen molar-refractivity contribution in [2.75, 3.05) is 11.6 Å². The predicted octanol–water partition coefficient (Wildman–Crippen LogP) is 3.62. The Morgan fingerprint density at radius 3 is 2.50 bits per heavy atom. The average Bonchev–Trinajstić information content (AvgIpc) is 2.74. The van der Waals surface area contributed by atoms with Crippen LogP contribution < -0.4 is 10.4 Å². The molecule has 0 spiro atoms. The number of alkyl halides is 3. The monoisotopic (exact) mass is 285 g/mol. The Kier molecular flexibility index (Phi) is 3.67. The molecule has 0 bridgehead atoms. The van der Waals surface area contributed by atoms with Gasteiger partial charge in [-0.05, 0) is 39.0 Å². The van der Waals surface area contributed by atoms with Gasteiger partial charge in [-0.1, -0.05) is 6.07 Å². The number of nitrogens with zero attached hydrogens (tertiary/aromatic N) is 2. The van der Waals surface area contributed by atoms with Crippen molar-refractivity contribution in [2.24, 2.45) is 4.99 Å². The van der Waals surface area contributed by atoms with E-state index in [1.54, 1.807) is 11.1 Å². The van der Waals surface area contributed by atoms with Crippen LogP contribution >= 0.6 is 0 Å². The molecule has 0 aliphatic carbocycles. The number of anilines is 1. The summed E-state index contributed by atoms with van der Waals surface area (Å²) < 4.78 is 38.1. The number of hydrogen-bond donors (Lipinski definition) is 1. The summed E-state index contributed by atoms with van der Waals surface area (Å²) in [5, 5.41) is 1.69. The van der Waals surface area contributed by atoms with Gasteiger partial charge in [-0.3, -0.25) is 15.4 Å². The summed E-state index contributed by atoms with van der Waals surface area (Å²) in [7, 11) is 0. The number of amidine groups is 1. The zero-order valence-corrected chi connectivity index (χ0v) is 11.8. The van der Waals surface area contributed by atoms with E-state index in [1.165, 1.54) is 6.07 Å². The van der Waals surface area contributed by atoms with Crippen molar-refractivity contribution in [3.63, 3.8) is 0 Å². The zero-order chi connectivity index (χ0) is 15.0. The number of halogens is 3. The lowest BCUT2D eigenvalue weighted by atomic mass is 10.1. The topological polar surface area (TPSA) is 27.6 Å². The van der Waals surface area contributed by atoms with E-state index in [4.69, 9.17) is 0 Å². The van der Waals surface area contributed by atoms with E-state index in [2.05, 4.69) is 10.4 Å². The molecule has 20 heavy (non-hydrogen) atoms. The number of nitrogens with one attached hydrogen (secondary N) is 1. The molecule has 1 saturated heterocycles. The summed E-state index contributed by atoms with van der Waals surface area (Å²) in [6.45, 7) is 6.55. The summed E-state index contributed by atoms with van der Waals surface area (Å²) in [6.07, 6.45) is -3.62. The largest absolute Gasteiger partial charge is 0.416 e. The van der Waals surface area contributed by atoms with Crippen LogP contribution in [0.2, 0.25) is 0 Å². The molecule has 0 atom stereocenters. The van der Waals surface area contributed by atoms with Crippen molar-refractivity contribution in [1.29, 1.82) is 0 Å². The molecule has 0 saturated carbocycles. The second-order valence-corrected chi connectivity index (χ2v) is 5.79. The highest BCUT2D eigenvalue weighted by Gasteiger charge is 2.31. The van der Waals surface area contributed by atoms with Crippen LogP contribution in [0.4, 0.5) is 18.9 Å². The minimum Gasteiger partial charge on any atom is -0.286 e. The predicted molar refractivity (Wildman–Crippen MR) is 73.7 cm³/mol. The average molecular weight is 285 g/mol. The van der Waals surface area contributed by atoms with Gasteiger partial charge in [-0.15, -0.1) is 0 Å². The lowest BCUT2D eigenvalue weighted by Gasteiger charge is -2.20. The first-order chi connectivity index (χ1) is 9.15. The van der Waals surface area contributed by atoms with E-state index < -0.39 is 11.7 Å². The van der Waals surface area contributed by atoms with E-state index in [0.29, 0.717) is 18.7 Å². The van der Waals surface area contributed by atoms with Crippen molar-refractivity contribution in [2.45, 2.75) is 38.9 Å². The zero-order valence-electron chi connectivity index (χ0n) is 11.8. The van der Waals surface area contributed by atoms with Crippen LogP contribution in [-0.2, 0) is 6.18 Å². The number of hydrazine groups is 1. The maximum absolute atomic E-state index is 12.7. The Labute approximate surface area is 116 Å². The Hall–Kier alpha value is -1.72. The molecule has 0 unspecified atom stereocenters. The third kappa shape index (κ3) is 3.65. The summed E-state index contributed by atoms with van der Waals surface area (Å²) in [5.41, 5.74) is 2.71. The smallest absolute Gasteiger partial charge is 0.286 e. The molecule has 1 aromatic rings. The lowest BCUT2D eigenvalue weighted by Crippen LogP contribution is -2.34. The van der Waals surface area contributed by atoms with E-state index in [9.17, 15) is 13.2 Å². The number of aliphatic imine (C=N–C) groups is 1. The van der Waals surface area contributed by atoms with Gasteiger partial charge >= 0.3 is 6.18 Å². The summed E-state index contributed by atoms with van der Waals surface area (Å²) >= 11 is 0. The van der Waals surface area contributed by atoms with E-state index in [1.807, 2.05) is 20.8 Å². The minimum atomic E-state index is -4.32. The van der Waals surface area contributed by atoms with Gasteiger partial charge in [0.1, 0.15) is 5.84 Å². The second-order valence-electron chi connectivity index (χ2n) is 5.79. The quantitative estimate of drug-likeness (QED) is 0.853. The third-order valence-electron chi connectivity index (χ3n) is 2.79. The van der Waals surface area contributed by atoms with Gasteiger partial charge in [-0.2, -0.15) is 13.2 Å². The maximum Gasteiger partial charge on any atom is 0.416 e. The number of hydrogen-bond acceptors (Lipinski definition) is 2. The minimum absolute atomic E-state index is 0.202. The first-order valence-corrected chi connectivity index (χ1v) is 6.45. The normalized spacial score (nSPS) is 18.5. The molecule has 0 amide bonds. The molecule has 0 radical (unpaired) electrons. The second kappa shape index (κ2) is 5.00. The molecule has 6 heteroatoms. The standard InChI is InChI=1S/C14H18F3N3/c1-13(2,3)18-12-7-8-20(19-12)11-6-4-5-10(9-11)14(15,16)17/h4-6,9H,7-8H2,1-3H3,(H,18,19).